The normalized spacial score (nSPS) is 13.5. The summed E-state index contributed by atoms with van der Waals surface area (Å²) in [7, 11) is 0. The second-order valence-electron chi connectivity index (χ2n) is 25.1. The molecule has 0 saturated carbocycles. The molecule has 0 fully saturated rings. The maximum absolute atomic E-state index is 5.45. The quantitative estimate of drug-likeness (QED) is 0.161. The van der Waals surface area contributed by atoms with Crippen LogP contribution < -0.4 is 26.2 Å². The molecule has 2 aliphatic heterocycles. The van der Waals surface area contributed by atoms with Gasteiger partial charge in [0, 0.05) is 50.8 Å². The van der Waals surface area contributed by atoms with Crippen molar-refractivity contribution in [1.29, 1.82) is 0 Å². The van der Waals surface area contributed by atoms with Crippen molar-refractivity contribution < 1.29 is 0 Å². The highest BCUT2D eigenvalue weighted by molar-refractivity contribution is 7.00. The second-order valence-corrected chi connectivity index (χ2v) is 25.1. The van der Waals surface area contributed by atoms with Crippen molar-refractivity contribution >= 4 is 78.8 Å². The Morgan fingerprint density at radius 2 is 0.613 bits per heavy atom. The lowest BCUT2D eigenvalue weighted by molar-refractivity contribution is 0.568. The molecule has 6 heteroatoms. The fraction of sp³-hybridized carbons (Fsp3) is 0.232. The lowest BCUT2D eigenvalue weighted by atomic mass is 9.33. The summed E-state index contributed by atoms with van der Waals surface area (Å²) in [6, 6.07) is 67.7. The largest absolute Gasteiger partial charge is 0.311 e. The van der Waals surface area contributed by atoms with Gasteiger partial charge in [-0.1, -0.05) is 217 Å². The average molecular weight is 976 g/mol. The minimum absolute atomic E-state index is 0.116. The summed E-state index contributed by atoms with van der Waals surface area (Å²) >= 11 is 0. The van der Waals surface area contributed by atoms with Crippen LogP contribution in [-0.4, -0.2) is 21.7 Å². The van der Waals surface area contributed by atoms with Gasteiger partial charge in [0.1, 0.15) is 0 Å². The molecule has 0 aliphatic carbocycles. The first-order chi connectivity index (χ1) is 35.7. The first-order valence-electron chi connectivity index (χ1n) is 26.7. The van der Waals surface area contributed by atoms with Crippen LogP contribution in [0.3, 0.4) is 0 Å². The zero-order valence-electron chi connectivity index (χ0n) is 45.6. The minimum atomic E-state index is -0.117. The van der Waals surface area contributed by atoms with Crippen molar-refractivity contribution in [2.24, 2.45) is 0 Å². The molecule has 10 aromatic rings. The summed E-state index contributed by atoms with van der Waals surface area (Å²) in [6.45, 7) is 27.9. The van der Waals surface area contributed by atoms with E-state index >= 15 is 0 Å². The summed E-state index contributed by atoms with van der Waals surface area (Å²) < 4.78 is 0. The zero-order valence-corrected chi connectivity index (χ0v) is 45.6. The molecule has 0 bridgehead atoms. The van der Waals surface area contributed by atoms with E-state index < -0.39 is 0 Å². The monoisotopic (exact) mass is 976 g/mol. The number of fused-ring (bicyclic) bond motifs is 6. The first kappa shape index (κ1) is 48.1. The van der Waals surface area contributed by atoms with Gasteiger partial charge in [0.15, 0.2) is 17.5 Å². The summed E-state index contributed by atoms with van der Waals surface area (Å²) in [5.74, 6) is 1.88. The van der Waals surface area contributed by atoms with Crippen LogP contribution in [0.4, 0.5) is 34.1 Å². The maximum Gasteiger partial charge on any atom is 0.252 e. The van der Waals surface area contributed by atoms with Gasteiger partial charge in [-0.25, -0.2) is 15.0 Å². The molecule has 0 N–H and O–H groups in total. The molecule has 0 atom stereocenters. The molecule has 0 saturated heterocycles. The lowest BCUT2D eigenvalue weighted by Gasteiger charge is -2.45. The molecule has 0 amide bonds. The SMILES string of the molecule is CC(C)(C)c1cc(N2c3cc4ccccc4cc3B3c4cc5ccccc5cc4N(c4cc(C(C)(C)C)cc(C(C)(C)C)c4)c4cc(-c5nc(-c6ccccc6)nc(-c6ccccc6)n5)cc2c43)cc(C(C)(C)C)c1. The fourth-order valence-corrected chi connectivity index (χ4v) is 11.2. The number of benzene rings is 9. The molecule has 3 heterocycles. The number of hydrogen-bond donors (Lipinski definition) is 0. The number of rotatable bonds is 5. The fourth-order valence-electron chi connectivity index (χ4n) is 11.2. The van der Waals surface area contributed by atoms with E-state index in [1.165, 1.54) is 71.6 Å². The molecular formula is C69H66BN5. The van der Waals surface area contributed by atoms with Crippen molar-refractivity contribution in [3.05, 3.63) is 204 Å². The second kappa shape index (κ2) is 17.4. The molecule has 0 unspecified atom stereocenters. The Bertz CT molecular complexity index is 3580. The topological polar surface area (TPSA) is 45.2 Å². The lowest BCUT2D eigenvalue weighted by Crippen LogP contribution is -2.61. The van der Waals surface area contributed by atoms with Crippen molar-refractivity contribution in [3.8, 4) is 34.2 Å². The highest BCUT2D eigenvalue weighted by Crippen LogP contribution is 2.49. The van der Waals surface area contributed by atoms with Gasteiger partial charge in [0.25, 0.3) is 6.71 Å². The van der Waals surface area contributed by atoms with Crippen LogP contribution in [0.1, 0.15) is 105 Å². The van der Waals surface area contributed by atoms with Crippen LogP contribution in [-0.2, 0) is 21.7 Å². The highest BCUT2D eigenvalue weighted by Gasteiger charge is 2.45. The zero-order chi connectivity index (χ0) is 52.3. The molecule has 5 nitrogen and oxygen atoms in total. The van der Waals surface area contributed by atoms with Crippen molar-refractivity contribution in [2.45, 2.75) is 105 Å². The van der Waals surface area contributed by atoms with Crippen LogP contribution >= 0.6 is 0 Å². The van der Waals surface area contributed by atoms with E-state index in [9.17, 15) is 0 Å². The standard InChI is InChI=1S/C69H66BN5/c1-66(2,3)50-37-51(67(4,5)6)40-54(39-50)74-58-33-47-29-21-19-27-45(47)31-56(58)70-57-32-46-28-20-22-30-48(46)34-59(57)75(55-41-52(68(7,8)9)38-53(42-55)69(10,11)12)61-36-49(35-60(74)62(61)70)65-72-63(43-23-15-13-16-24-43)71-64(73-65)44-25-17-14-18-26-44/h13-42H,1-12H3. The van der Waals surface area contributed by atoms with E-state index in [1.54, 1.807) is 0 Å². The first-order valence-corrected chi connectivity index (χ1v) is 26.7. The van der Waals surface area contributed by atoms with Crippen molar-refractivity contribution in [1.82, 2.24) is 15.0 Å². The Morgan fingerprint density at radius 3 is 0.947 bits per heavy atom. The van der Waals surface area contributed by atoms with E-state index in [1.807, 2.05) is 12.1 Å². The molecule has 9 aromatic carbocycles. The van der Waals surface area contributed by atoms with Crippen LogP contribution in [0.5, 0.6) is 0 Å². The number of anilines is 6. The smallest absolute Gasteiger partial charge is 0.252 e. The number of nitrogens with zero attached hydrogens (tertiary/aromatic N) is 5. The van der Waals surface area contributed by atoms with Crippen LogP contribution in [0.2, 0.25) is 0 Å². The van der Waals surface area contributed by atoms with Crippen LogP contribution in [0.15, 0.2) is 182 Å². The molecule has 0 spiro atoms. The Hall–Kier alpha value is -7.83. The predicted octanol–water partition coefficient (Wildman–Crippen LogP) is 16.5. The molecular weight excluding hydrogens is 910 g/mol. The third kappa shape index (κ3) is 8.58. The summed E-state index contributed by atoms with van der Waals surface area (Å²) in [6.07, 6.45) is 0. The van der Waals surface area contributed by atoms with Gasteiger partial charge in [-0.3, -0.25) is 0 Å². The third-order valence-corrected chi connectivity index (χ3v) is 15.6. The molecule has 12 rings (SSSR count). The predicted molar refractivity (Wildman–Crippen MR) is 320 cm³/mol. The van der Waals surface area contributed by atoms with Crippen LogP contribution in [0.25, 0.3) is 55.7 Å². The number of aromatic nitrogens is 3. The maximum atomic E-state index is 5.45. The van der Waals surface area contributed by atoms with E-state index in [0.717, 1.165) is 39.4 Å². The average Bonchev–Trinajstić information content (AvgIpc) is 3.42. The summed E-state index contributed by atoms with van der Waals surface area (Å²) in [4.78, 5) is 21.3. The van der Waals surface area contributed by atoms with Gasteiger partial charge in [-0.15, -0.1) is 0 Å². The number of hydrogen-bond acceptors (Lipinski definition) is 5. The summed E-state index contributed by atoms with van der Waals surface area (Å²) in [5, 5.41) is 4.85. The van der Waals surface area contributed by atoms with Gasteiger partial charge in [-0.2, -0.15) is 0 Å². The van der Waals surface area contributed by atoms with Gasteiger partial charge in [0.2, 0.25) is 0 Å². The van der Waals surface area contributed by atoms with E-state index in [4.69, 9.17) is 15.0 Å². The molecule has 1 aromatic heterocycles. The Kier molecular flexibility index (Phi) is 11.2. The Labute approximate surface area is 444 Å². The van der Waals surface area contributed by atoms with Crippen LogP contribution in [0, 0.1) is 0 Å². The Morgan fingerprint density at radius 1 is 0.307 bits per heavy atom. The molecule has 2 aliphatic rings. The van der Waals surface area contributed by atoms with Gasteiger partial charge < -0.3 is 9.80 Å². The third-order valence-electron chi connectivity index (χ3n) is 15.6. The highest BCUT2D eigenvalue weighted by atomic mass is 15.2. The Balaban J connectivity index is 1.27. The van der Waals surface area contributed by atoms with Gasteiger partial charge in [0.05, 0.1) is 0 Å². The van der Waals surface area contributed by atoms with E-state index in [-0.39, 0.29) is 28.4 Å². The van der Waals surface area contributed by atoms with E-state index in [0.29, 0.717) is 17.5 Å². The molecule has 75 heavy (non-hydrogen) atoms. The van der Waals surface area contributed by atoms with Gasteiger partial charge in [-0.05, 0) is 130 Å². The molecule has 0 radical (unpaired) electrons. The van der Waals surface area contributed by atoms with E-state index in [2.05, 4.69) is 263 Å². The van der Waals surface area contributed by atoms with Crippen molar-refractivity contribution in [3.63, 3.8) is 0 Å². The minimum Gasteiger partial charge on any atom is -0.311 e. The van der Waals surface area contributed by atoms with Gasteiger partial charge >= 0.3 is 0 Å². The summed E-state index contributed by atoms with van der Waals surface area (Å²) in [5.41, 5.74) is 18.1. The van der Waals surface area contributed by atoms with Crippen molar-refractivity contribution in [2.75, 3.05) is 9.80 Å². The molecule has 370 valence electrons.